The van der Waals surface area contributed by atoms with Crippen LogP contribution in [0, 0.1) is 5.92 Å². The molecule has 0 saturated heterocycles. The molecule has 5 heteroatoms. The van der Waals surface area contributed by atoms with Crippen molar-refractivity contribution in [3.63, 3.8) is 0 Å². The molecule has 1 aromatic heterocycles. The second-order valence-corrected chi connectivity index (χ2v) is 6.28. The minimum Gasteiger partial charge on any atom is -0.383 e. The molecular formula is C18H22ClN3O. The summed E-state index contributed by atoms with van der Waals surface area (Å²) in [7, 11) is 0. The number of nitrogens with one attached hydrogen (secondary N) is 2. The molecule has 1 heterocycles. The number of nitrogens with zero attached hydrogens (tertiary/aromatic N) is 1. The van der Waals surface area contributed by atoms with Crippen LogP contribution in [0.15, 0.2) is 42.6 Å². The highest BCUT2D eigenvalue weighted by molar-refractivity contribution is 6.30. The predicted octanol–water partition coefficient (Wildman–Crippen LogP) is 3.78. The van der Waals surface area contributed by atoms with Crippen molar-refractivity contribution in [3.05, 3.63) is 58.9 Å². The van der Waals surface area contributed by atoms with E-state index in [0.29, 0.717) is 18.2 Å². The number of benzene rings is 1. The molecule has 4 nitrogen and oxygen atoms in total. The summed E-state index contributed by atoms with van der Waals surface area (Å²) in [4.78, 5) is 16.1. The summed E-state index contributed by atoms with van der Waals surface area (Å²) >= 11 is 5.96. The summed E-state index contributed by atoms with van der Waals surface area (Å²) in [6.45, 7) is 5.54. The van der Waals surface area contributed by atoms with Crippen LogP contribution in [-0.4, -0.2) is 24.0 Å². The van der Waals surface area contributed by atoms with E-state index in [1.54, 1.807) is 12.3 Å². The minimum atomic E-state index is -0.135. The van der Waals surface area contributed by atoms with Crippen molar-refractivity contribution in [1.29, 1.82) is 0 Å². The molecule has 0 aliphatic carbocycles. The van der Waals surface area contributed by atoms with Gasteiger partial charge in [0.2, 0.25) is 0 Å². The van der Waals surface area contributed by atoms with Crippen LogP contribution in [0.4, 0.5) is 5.69 Å². The Morgan fingerprint density at radius 1 is 1.26 bits per heavy atom. The Hall–Kier alpha value is -2.07. The molecule has 2 N–H and O–H groups in total. The summed E-state index contributed by atoms with van der Waals surface area (Å²) in [5.74, 6) is 0.288. The van der Waals surface area contributed by atoms with E-state index in [1.165, 1.54) is 5.56 Å². The summed E-state index contributed by atoms with van der Waals surface area (Å²) in [5, 5.41) is 6.90. The van der Waals surface area contributed by atoms with E-state index in [-0.39, 0.29) is 5.91 Å². The van der Waals surface area contributed by atoms with Crippen molar-refractivity contribution in [3.8, 4) is 0 Å². The fraction of sp³-hybridized carbons (Fsp3) is 0.333. The van der Waals surface area contributed by atoms with Crippen LogP contribution in [0.5, 0.6) is 0 Å². The van der Waals surface area contributed by atoms with Gasteiger partial charge < -0.3 is 10.6 Å². The molecule has 1 aromatic carbocycles. The van der Waals surface area contributed by atoms with E-state index in [1.807, 2.05) is 30.3 Å². The standard InChI is InChI=1S/C18H22ClN3O/c1-13(2)11-22-18(23)17-7-6-16(12-21-17)20-9-8-14-4-3-5-15(19)10-14/h3-7,10,12-13,20H,8-9,11H2,1-2H3,(H,22,23). The first-order valence-corrected chi connectivity index (χ1v) is 8.15. The molecule has 0 atom stereocenters. The Balaban J connectivity index is 1.81. The molecular weight excluding hydrogens is 310 g/mol. The van der Waals surface area contributed by atoms with Crippen molar-refractivity contribution >= 4 is 23.2 Å². The van der Waals surface area contributed by atoms with Gasteiger partial charge in [-0.25, -0.2) is 4.98 Å². The Bertz CT molecular complexity index is 641. The summed E-state index contributed by atoms with van der Waals surface area (Å²) in [6, 6.07) is 11.4. The zero-order chi connectivity index (χ0) is 16.7. The fourth-order valence-electron chi connectivity index (χ4n) is 2.06. The second kappa shape index (κ2) is 8.53. The number of carbonyl (C=O) groups excluding carboxylic acids is 1. The minimum absolute atomic E-state index is 0.135. The van der Waals surface area contributed by atoms with Gasteiger partial charge >= 0.3 is 0 Å². The third-order valence-corrected chi connectivity index (χ3v) is 3.53. The number of hydrogen-bond acceptors (Lipinski definition) is 3. The van der Waals surface area contributed by atoms with E-state index >= 15 is 0 Å². The molecule has 2 rings (SSSR count). The van der Waals surface area contributed by atoms with Crippen LogP contribution in [0.25, 0.3) is 0 Å². The molecule has 0 fully saturated rings. The number of rotatable bonds is 7. The first-order valence-electron chi connectivity index (χ1n) is 7.77. The Kier molecular flexibility index (Phi) is 6.41. The molecule has 122 valence electrons. The average molecular weight is 332 g/mol. The van der Waals surface area contributed by atoms with Gasteiger partial charge in [-0.1, -0.05) is 37.6 Å². The maximum absolute atomic E-state index is 11.9. The lowest BCUT2D eigenvalue weighted by atomic mass is 10.1. The molecule has 0 aliphatic heterocycles. The summed E-state index contributed by atoms with van der Waals surface area (Å²) in [5.41, 5.74) is 2.51. The SMILES string of the molecule is CC(C)CNC(=O)c1ccc(NCCc2cccc(Cl)c2)cn1. The summed E-state index contributed by atoms with van der Waals surface area (Å²) in [6.07, 6.45) is 2.56. The Morgan fingerprint density at radius 3 is 2.74 bits per heavy atom. The molecule has 23 heavy (non-hydrogen) atoms. The van der Waals surface area contributed by atoms with Gasteiger partial charge in [0.05, 0.1) is 11.9 Å². The van der Waals surface area contributed by atoms with Crippen molar-refractivity contribution in [2.24, 2.45) is 5.92 Å². The maximum atomic E-state index is 11.9. The van der Waals surface area contributed by atoms with Crippen LogP contribution in [0.3, 0.4) is 0 Å². The van der Waals surface area contributed by atoms with Crippen LogP contribution in [-0.2, 0) is 6.42 Å². The van der Waals surface area contributed by atoms with Gasteiger partial charge in [-0.2, -0.15) is 0 Å². The molecule has 1 amide bonds. The van der Waals surface area contributed by atoms with Gasteiger partial charge in [-0.3, -0.25) is 4.79 Å². The maximum Gasteiger partial charge on any atom is 0.269 e. The third-order valence-electron chi connectivity index (χ3n) is 3.30. The highest BCUT2D eigenvalue weighted by Crippen LogP contribution is 2.12. The van der Waals surface area contributed by atoms with E-state index in [2.05, 4.69) is 29.5 Å². The molecule has 0 radical (unpaired) electrons. The largest absolute Gasteiger partial charge is 0.383 e. The molecule has 0 bridgehead atoms. The van der Waals surface area contributed by atoms with Gasteiger partial charge in [0.1, 0.15) is 5.69 Å². The van der Waals surface area contributed by atoms with Crippen LogP contribution < -0.4 is 10.6 Å². The topological polar surface area (TPSA) is 54.0 Å². The Labute approximate surface area is 142 Å². The van der Waals surface area contributed by atoms with Gasteiger partial charge in [0.25, 0.3) is 5.91 Å². The van der Waals surface area contributed by atoms with Crippen molar-refractivity contribution < 1.29 is 4.79 Å². The number of hydrogen-bond donors (Lipinski definition) is 2. The number of aromatic nitrogens is 1. The van der Waals surface area contributed by atoms with Crippen LogP contribution in [0.2, 0.25) is 5.02 Å². The van der Waals surface area contributed by atoms with E-state index < -0.39 is 0 Å². The smallest absolute Gasteiger partial charge is 0.269 e. The van der Waals surface area contributed by atoms with Crippen molar-refractivity contribution in [1.82, 2.24) is 10.3 Å². The number of anilines is 1. The third kappa shape index (κ3) is 5.91. The normalized spacial score (nSPS) is 10.6. The highest BCUT2D eigenvalue weighted by Gasteiger charge is 2.07. The van der Waals surface area contributed by atoms with Gasteiger partial charge in [-0.15, -0.1) is 0 Å². The van der Waals surface area contributed by atoms with E-state index in [9.17, 15) is 4.79 Å². The van der Waals surface area contributed by atoms with E-state index in [4.69, 9.17) is 11.6 Å². The van der Waals surface area contributed by atoms with Gasteiger partial charge in [0, 0.05) is 18.1 Å². The van der Waals surface area contributed by atoms with Gasteiger partial charge in [-0.05, 0) is 42.2 Å². The van der Waals surface area contributed by atoms with Crippen LogP contribution >= 0.6 is 11.6 Å². The molecule has 0 spiro atoms. The first kappa shape index (κ1) is 17.3. The van der Waals surface area contributed by atoms with Gasteiger partial charge in [0.15, 0.2) is 0 Å². The lowest BCUT2D eigenvalue weighted by Crippen LogP contribution is -2.28. The lowest BCUT2D eigenvalue weighted by molar-refractivity contribution is 0.0944. The molecule has 0 aliphatic rings. The van der Waals surface area contributed by atoms with Crippen LogP contribution in [0.1, 0.15) is 29.9 Å². The number of amides is 1. The summed E-state index contributed by atoms with van der Waals surface area (Å²) < 4.78 is 0. The fourth-order valence-corrected chi connectivity index (χ4v) is 2.28. The first-order chi connectivity index (χ1) is 11.0. The van der Waals surface area contributed by atoms with E-state index in [0.717, 1.165) is 23.7 Å². The number of halogens is 1. The predicted molar refractivity (Wildman–Crippen MR) is 95.1 cm³/mol. The molecule has 0 saturated carbocycles. The quantitative estimate of drug-likeness (QED) is 0.812. The van der Waals surface area contributed by atoms with Crippen molar-refractivity contribution in [2.45, 2.75) is 20.3 Å². The molecule has 2 aromatic rings. The zero-order valence-corrected chi connectivity index (χ0v) is 14.2. The Morgan fingerprint density at radius 2 is 2.09 bits per heavy atom. The van der Waals surface area contributed by atoms with Crippen molar-refractivity contribution in [2.75, 3.05) is 18.4 Å². The highest BCUT2D eigenvalue weighted by atomic mass is 35.5. The molecule has 0 unspecified atom stereocenters. The monoisotopic (exact) mass is 331 g/mol. The zero-order valence-electron chi connectivity index (χ0n) is 13.5. The number of pyridine rings is 1. The second-order valence-electron chi connectivity index (χ2n) is 5.84. The average Bonchev–Trinajstić information content (AvgIpc) is 2.53. The number of carbonyl (C=O) groups is 1. The lowest BCUT2D eigenvalue weighted by Gasteiger charge is -2.09.